The highest BCUT2D eigenvalue weighted by atomic mass is 32.1. The van der Waals surface area contributed by atoms with E-state index in [0.29, 0.717) is 17.5 Å². The Labute approximate surface area is 345 Å². The Morgan fingerprint density at radius 1 is 0.424 bits per heavy atom. The van der Waals surface area contributed by atoms with E-state index in [2.05, 4.69) is 159 Å². The first-order valence-corrected chi connectivity index (χ1v) is 20.8. The zero-order chi connectivity index (χ0) is 39.2. The Morgan fingerprint density at radius 2 is 1.05 bits per heavy atom. The highest BCUT2D eigenvalue weighted by molar-refractivity contribution is 7.26. The average molecular weight is 774 g/mol. The molecule has 0 saturated heterocycles. The van der Waals surface area contributed by atoms with Crippen LogP contribution in [0.1, 0.15) is 25.0 Å². The van der Waals surface area contributed by atoms with Gasteiger partial charge >= 0.3 is 0 Å². The van der Waals surface area contributed by atoms with Gasteiger partial charge in [-0.2, -0.15) is 0 Å². The molecule has 12 rings (SSSR count). The molecule has 8 aromatic carbocycles. The molecule has 11 aromatic rings. The van der Waals surface area contributed by atoms with E-state index in [9.17, 15) is 0 Å². The normalized spacial score (nSPS) is 13.1. The molecular weight excluding hydrogens is 739 g/mol. The first-order chi connectivity index (χ1) is 29.0. The van der Waals surface area contributed by atoms with Crippen LogP contribution in [0.15, 0.2) is 180 Å². The minimum absolute atomic E-state index is 0.0840. The molecule has 3 heterocycles. The minimum atomic E-state index is -0.0840. The van der Waals surface area contributed by atoms with Crippen molar-refractivity contribution in [2.45, 2.75) is 19.3 Å². The highest BCUT2D eigenvalue weighted by Gasteiger charge is 2.37. The molecule has 0 aliphatic heterocycles. The van der Waals surface area contributed by atoms with Crippen LogP contribution < -0.4 is 0 Å². The number of nitrogens with zero attached hydrogens (tertiary/aromatic N) is 3. The Balaban J connectivity index is 0.988. The third-order valence-corrected chi connectivity index (χ3v) is 13.4. The number of fused-ring (bicyclic) bond motifs is 9. The maximum atomic E-state index is 6.52. The fraction of sp³-hybridized carbons (Fsp3) is 0.0556. The van der Waals surface area contributed by atoms with Crippen LogP contribution in [0.2, 0.25) is 0 Å². The van der Waals surface area contributed by atoms with E-state index >= 15 is 0 Å². The van der Waals surface area contributed by atoms with Gasteiger partial charge in [0.15, 0.2) is 17.5 Å². The zero-order valence-electron chi connectivity index (χ0n) is 32.4. The molecule has 0 amide bonds. The smallest absolute Gasteiger partial charge is 0.165 e. The van der Waals surface area contributed by atoms with Crippen molar-refractivity contribution in [1.82, 2.24) is 15.0 Å². The van der Waals surface area contributed by atoms with Crippen molar-refractivity contribution in [2.75, 3.05) is 0 Å². The highest BCUT2D eigenvalue weighted by Crippen LogP contribution is 2.52. The summed E-state index contributed by atoms with van der Waals surface area (Å²) >= 11 is 1.78. The maximum Gasteiger partial charge on any atom is 0.165 e. The summed E-state index contributed by atoms with van der Waals surface area (Å²) in [6, 6.07) is 62.4. The summed E-state index contributed by atoms with van der Waals surface area (Å²) in [6.45, 7) is 4.70. The molecule has 59 heavy (non-hydrogen) atoms. The number of hydrogen-bond acceptors (Lipinski definition) is 5. The van der Waals surface area contributed by atoms with E-state index in [4.69, 9.17) is 19.4 Å². The predicted octanol–water partition coefficient (Wildman–Crippen LogP) is 14.8. The number of benzene rings is 8. The van der Waals surface area contributed by atoms with Crippen LogP contribution in [-0.2, 0) is 5.41 Å². The van der Waals surface area contributed by atoms with Gasteiger partial charge in [0, 0.05) is 53.1 Å². The molecule has 0 atom stereocenters. The molecule has 0 N–H and O–H groups in total. The van der Waals surface area contributed by atoms with Crippen LogP contribution in [0.25, 0.3) is 110 Å². The Morgan fingerprint density at radius 3 is 1.93 bits per heavy atom. The molecular formula is C54H35N3OS. The van der Waals surface area contributed by atoms with Crippen molar-refractivity contribution >= 4 is 53.4 Å². The quantitative estimate of drug-likeness (QED) is 0.175. The Hall–Kier alpha value is -7.21. The van der Waals surface area contributed by atoms with Crippen LogP contribution in [-0.4, -0.2) is 15.0 Å². The molecule has 0 fully saturated rings. The molecule has 278 valence electrons. The lowest BCUT2D eigenvalue weighted by atomic mass is 9.79. The van der Waals surface area contributed by atoms with Gasteiger partial charge < -0.3 is 4.42 Å². The fourth-order valence-electron chi connectivity index (χ4n) is 9.38. The summed E-state index contributed by atoms with van der Waals surface area (Å²) in [7, 11) is 0. The van der Waals surface area contributed by atoms with Gasteiger partial charge in [-0.15, -0.1) is 11.3 Å². The molecule has 0 bridgehead atoms. The second-order valence-corrected chi connectivity index (χ2v) is 17.0. The summed E-state index contributed by atoms with van der Waals surface area (Å²) in [5, 5.41) is 4.45. The van der Waals surface area contributed by atoms with Crippen molar-refractivity contribution in [3.63, 3.8) is 0 Å². The third kappa shape index (κ3) is 5.25. The van der Waals surface area contributed by atoms with Gasteiger partial charge in [0.2, 0.25) is 0 Å². The first-order valence-electron chi connectivity index (χ1n) is 20.0. The molecule has 0 radical (unpaired) electrons. The largest absolute Gasteiger partial charge is 0.456 e. The summed E-state index contributed by atoms with van der Waals surface area (Å²) in [5.74, 6) is 1.88. The number of hydrogen-bond donors (Lipinski definition) is 0. The standard InChI is InChI=1S/C54H35N3OS/c1-54(2)44-22-8-6-15-37(44)39-18-10-17-36(49(39)54)33-27-25-32(26-28-33)35-29-30-45-43(31-35)48-41(20-12-23-46(48)58-45)52-55-51(34-13-4-3-5-14-34)56-53(57-52)42-21-11-19-40-38-16-7-9-24-47(38)59-50(40)42/h3-31H,1-2H3. The maximum absolute atomic E-state index is 6.52. The number of thiophene rings is 1. The van der Waals surface area contributed by atoms with Crippen LogP contribution in [0.4, 0.5) is 0 Å². The van der Waals surface area contributed by atoms with Gasteiger partial charge in [0.25, 0.3) is 0 Å². The Bertz CT molecular complexity index is 3470. The van der Waals surface area contributed by atoms with E-state index in [-0.39, 0.29) is 5.41 Å². The second kappa shape index (κ2) is 12.9. The first kappa shape index (κ1) is 33.9. The van der Waals surface area contributed by atoms with Crippen LogP contribution in [0.5, 0.6) is 0 Å². The summed E-state index contributed by atoms with van der Waals surface area (Å²) in [6.07, 6.45) is 0. The van der Waals surface area contributed by atoms with Gasteiger partial charge in [-0.3, -0.25) is 0 Å². The van der Waals surface area contributed by atoms with Gasteiger partial charge in [0.05, 0.1) is 0 Å². The molecule has 4 nitrogen and oxygen atoms in total. The average Bonchev–Trinajstić information content (AvgIpc) is 3.94. The third-order valence-electron chi connectivity index (χ3n) is 12.2. The van der Waals surface area contributed by atoms with Crippen LogP contribution in [0.3, 0.4) is 0 Å². The molecule has 1 aliphatic carbocycles. The second-order valence-electron chi connectivity index (χ2n) is 15.9. The van der Waals surface area contributed by atoms with Gasteiger partial charge in [-0.25, -0.2) is 15.0 Å². The molecule has 0 saturated carbocycles. The number of aromatic nitrogens is 3. The van der Waals surface area contributed by atoms with Crippen molar-refractivity contribution in [3.05, 3.63) is 187 Å². The van der Waals surface area contributed by atoms with E-state index in [1.54, 1.807) is 11.3 Å². The molecule has 5 heteroatoms. The zero-order valence-corrected chi connectivity index (χ0v) is 33.2. The predicted molar refractivity (Wildman–Crippen MR) is 245 cm³/mol. The van der Waals surface area contributed by atoms with E-state index < -0.39 is 0 Å². The lowest BCUT2D eigenvalue weighted by Crippen LogP contribution is -2.16. The SMILES string of the molecule is CC1(C)c2ccccc2-c2cccc(-c3ccc(-c4ccc5oc6cccc(-c7nc(-c8ccccc8)nc(-c8cccc9c8sc8ccccc89)n7)c6c5c4)cc3)c21. The summed E-state index contributed by atoms with van der Waals surface area (Å²) in [5.41, 5.74) is 14.6. The van der Waals surface area contributed by atoms with E-state index in [1.165, 1.54) is 48.9 Å². The Kier molecular flexibility index (Phi) is 7.41. The fourth-order valence-corrected chi connectivity index (χ4v) is 10.6. The van der Waals surface area contributed by atoms with E-state index in [1.807, 2.05) is 30.3 Å². The summed E-state index contributed by atoms with van der Waals surface area (Å²) in [4.78, 5) is 15.6. The van der Waals surface area contributed by atoms with Crippen molar-refractivity contribution < 1.29 is 4.42 Å². The monoisotopic (exact) mass is 773 g/mol. The topological polar surface area (TPSA) is 51.8 Å². The number of rotatable bonds is 5. The lowest BCUT2D eigenvalue weighted by molar-refractivity contribution is 0.662. The summed E-state index contributed by atoms with van der Waals surface area (Å²) < 4.78 is 8.93. The van der Waals surface area contributed by atoms with Crippen LogP contribution >= 0.6 is 11.3 Å². The van der Waals surface area contributed by atoms with Gasteiger partial charge in [-0.05, 0) is 74.8 Å². The lowest BCUT2D eigenvalue weighted by Gasteiger charge is -2.24. The van der Waals surface area contributed by atoms with Crippen molar-refractivity contribution in [3.8, 4) is 67.5 Å². The molecule has 1 aliphatic rings. The minimum Gasteiger partial charge on any atom is -0.456 e. The van der Waals surface area contributed by atoms with E-state index in [0.717, 1.165) is 54.5 Å². The number of furan rings is 1. The van der Waals surface area contributed by atoms with Gasteiger partial charge in [0.1, 0.15) is 11.2 Å². The molecule has 0 spiro atoms. The van der Waals surface area contributed by atoms with Crippen molar-refractivity contribution in [2.24, 2.45) is 0 Å². The molecule has 0 unspecified atom stereocenters. The molecule has 3 aromatic heterocycles. The van der Waals surface area contributed by atoms with Crippen LogP contribution in [0, 0.1) is 0 Å². The van der Waals surface area contributed by atoms with Crippen molar-refractivity contribution in [1.29, 1.82) is 0 Å². The van der Waals surface area contributed by atoms with Gasteiger partial charge in [-0.1, -0.05) is 159 Å².